The van der Waals surface area contributed by atoms with Gasteiger partial charge >= 0.3 is 0 Å². The van der Waals surface area contributed by atoms with Crippen molar-refractivity contribution in [2.75, 3.05) is 0 Å². The van der Waals surface area contributed by atoms with E-state index in [1.807, 2.05) is 0 Å². The number of hydrogen-bond acceptors (Lipinski definition) is 4. The van der Waals surface area contributed by atoms with E-state index >= 15 is 0 Å². The van der Waals surface area contributed by atoms with E-state index in [1.165, 1.54) is 24.5 Å². The SMILES string of the molecule is O=c1c2[nH]cc[nH]c2c(=O)c2c(=O)n(-c3ccc(F)cc3)c(=O)c12. The highest BCUT2D eigenvalue weighted by Gasteiger charge is 2.22. The molecular formula is C16H8FN3O4. The Hall–Kier alpha value is -3.55. The molecular weight excluding hydrogens is 317 g/mol. The van der Waals surface area contributed by atoms with E-state index in [2.05, 4.69) is 9.97 Å². The van der Waals surface area contributed by atoms with Gasteiger partial charge in [0.1, 0.15) is 27.6 Å². The zero-order valence-corrected chi connectivity index (χ0v) is 11.9. The molecule has 0 radical (unpaired) electrons. The third-order valence-corrected chi connectivity index (χ3v) is 3.87. The molecule has 8 heteroatoms. The Bertz CT molecular complexity index is 1250. The van der Waals surface area contributed by atoms with Crippen LogP contribution in [0.3, 0.4) is 0 Å². The van der Waals surface area contributed by atoms with E-state index in [0.29, 0.717) is 4.57 Å². The highest BCUT2D eigenvalue weighted by molar-refractivity contribution is 5.94. The maximum atomic E-state index is 13.1. The summed E-state index contributed by atoms with van der Waals surface area (Å²) in [6.45, 7) is 0. The van der Waals surface area contributed by atoms with Gasteiger partial charge in [0.2, 0.25) is 10.9 Å². The van der Waals surface area contributed by atoms with Gasteiger partial charge < -0.3 is 9.97 Å². The van der Waals surface area contributed by atoms with E-state index in [-0.39, 0.29) is 16.7 Å². The van der Waals surface area contributed by atoms with Gasteiger partial charge in [-0.15, -0.1) is 0 Å². The number of aromatic nitrogens is 3. The summed E-state index contributed by atoms with van der Waals surface area (Å²) in [5.74, 6) is -0.542. The van der Waals surface area contributed by atoms with Crippen LogP contribution in [0.2, 0.25) is 0 Å². The number of hydrogen-bond donors (Lipinski definition) is 2. The third kappa shape index (κ3) is 1.70. The van der Waals surface area contributed by atoms with E-state index in [1.54, 1.807) is 0 Å². The summed E-state index contributed by atoms with van der Waals surface area (Å²) in [5.41, 5.74) is -3.35. The van der Waals surface area contributed by atoms with Crippen LogP contribution in [0.5, 0.6) is 0 Å². The summed E-state index contributed by atoms with van der Waals surface area (Å²) in [6.07, 6.45) is 2.79. The fourth-order valence-electron chi connectivity index (χ4n) is 2.78. The van der Waals surface area contributed by atoms with E-state index in [4.69, 9.17) is 0 Å². The van der Waals surface area contributed by atoms with Crippen molar-refractivity contribution in [3.8, 4) is 5.69 Å². The Kier molecular flexibility index (Phi) is 2.77. The summed E-state index contributed by atoms with van der Waals surface area (Å²) >= 11 is 0. The second-order valence-corrected chi connectivity index (χ2v) is 5.20. The number of H-pyrrole nitrogens is 2. The number of nitrogens with zero attached hydrogens (tertiary/aromatic N) is 1. The predicted octanol–water partition coefficient (Wildman–Crippen LogP) is 0.458. The van der Waals surface area contributed by atoms with Crippen LogP contribution < -0.4 is 22.0 Å². The van der Waals surface area contributed by atoms with Crippen molar-refractivity contribution in [1.29, 1.82) is 0 Å². The number of fused-ring (bicyclic) bond motifs is 2. The van der Waals surface area contributed by atoms with E-state index in [9.17, 15) is 23.6 Å². The quantitative estimate of drug-likeness (QED) is 0.530. The Morgan fingerprint density at radius 1 is 0.750 bits per heavy atom. The number of aromatic amines is 2. The summed E-state index contributed by atoms with van der Waals surface area (Å²) in [6, 6.07) is 4.61. The summed E-state index contributed by atoms with van der Waals surface area (Å²) in [5, 5.41) is -0.949. The fraction of sp³-hybridized carbons (Fsp3) is 0. The van der Waals surface area contributed by atoms with Crippen LogP contribution in [0.15, 0.2) is 55.8 Å². The van der Waals surface area contributed by atoms with Gasteiger partial charge in [-0.3, -0.25) is 19.2 Å². The molecule has 7 nitrogen and oxygen atoms in total. The second kappa shape index (κ2) is 4.72. The van der Waals surface area contributed by atoms with Gasteiger partial charge in [-0.1, -0.05) is 0 Å². The minimum atomic E-state index is -0.900. The number of nitrogens with one attached hydrogen (secondary N) is 2. The van der Waals surface area contributed by atoms with Gasteiger partial charge in [-0.25, -0.2) is 8.96 Å². The van der Waals surface area contributed by atoms with E-state index < -0.39 is 38.6 Å². The normalized spacial score (nSPS) is 11.4. The van der Waals surface area contributed by atoms with Gasteiger partial charge in [-0.2, -0.15) is 0 Å². The molecule has 4 aromatic rings. The number of benzene rings is 2. The smallest absolute Gasteiger partial charge is 0.270 e. The molecule has 0 aliphatic rings. The number of rotatable bonds is 1. The minimum absolute atomic E-state index is 0.0802. The van der Waals surface area contributed by atoms with Gasteiger partial charge in [0.05, 0.1) is 5.69 Å². The molecule has 0 saturated heterocycles. The molecule has 0 saturated carbocycles. The molecule has 118 valence electrons. The topological polar surface area (TPSA) is 105 Å². The molecule has 2 aromatic carbocycles. The van der Waals surface area contributed by atoms with Crippen molar-refractivity contribution >= 4 is 21.8 Å². The molecule has 2 N–H and O–H groups in total. The van der Waals surface area contributed by atoms with Crippen LogP contribution in [0.25, 0.3) is 27.5 Å². The Balaban J connectivity index is 2.28. The second-order valence-electron chi connectivity index (χ2n) is 5.20. The molecule has 0 aliphatic carbocycles. The van der Waals surface area contributed by atoms with Crippen molar-refractivity contribution in [2.24, 2.45) is 0 Å². The lowest BCUT2D eigenvalue weighted by Gasteiger charge is -1.98. The highest BCUT2D eigenvalue weighted by atomic mass is 19.1. The first kappa shape index (κ1) is 14.1. The molecule has 0 fully saturated rings. The molecule has 4 rings (SSSR count). The average molecular weight is 325 g/mol. The Morgan fingerprint density at radius 2 is 1.21 bits per heavy atom. The molecule has 0 atom stereocenters. The monoisotopic (exact) mass is 325 g/mol. The Morgan fingerprint density at radius 3 is 1.67 bits per heavy atom. The van der Waals surface area contributed by atoms with Gasteiger partial charge in [0, 0.05) is 12.4 Å². The average Bonchev–Trinajstić information content (AvgIpc) is 2.85. The molecule has 0 aliphatic heterocycles. The minimum Gasteiger partial charge on any atom is -0.355 e. The first-order valence-corrected chi connectivity index (χ1v) is 6.91. The first-order chi connectivity index (χ1) is 11.5. The highest BCUT2D eigenvalue weighted by Crippen LogP contribution is 2.09. The maximum Gasteiger partial charge on any atom is 0.270 e. The van der Waals surface area contributed by atoms with Crippen LogP contribution in [-0.2, 0) is 0 Å². The van der Waals surface area contributed by atoms with Crippen molar-refractivity contribution < 1.29 is 4.39 Å². The molecule has 2 aromatic heterocycles. The lowest BCUT2D eigenvalue weighted by molar-refractivity contribution is 0.627. The summed E-state index contributed by atoms with van der Waals surface area (Å²) < 4.78 is 13.8. The van der Waals surface area contributed by atoms with E-state index in [0.717, 1.165) is 12.1 Å². The largest absolute Gasteiger partial charge is 0.355 e. The molecule has 0 spiro atoms. The van der Waals surface area contributed by atoms with Crippen molar-refractivity contribution in [3.05, 3.63) is 83.6 Å². The van der Waals surface area contributed by atoms with Crippen molar-refractivity contribution in [2.45, 2.75) is 0 Å². The Labute approximate surface area is 131 Å². The zero-order valence-electron chi connectivity index (χ0n) is 11.9. The zero-order chi connectivity index (χ0) is 17.0. The van der Waals surface area contributed by atoms with Crippen molar-refractivity contribution in [1.82, 2.24) is 14.5 Å². The lowest BCUT2D eigenvalue weighted by atomic mass is 10.1. The fourth-order valence-corrected chi connectivity index (χ4v) is 2.78. The number of halogens is 1. The van der Waals surface area contributed by atoms with Gasteiger partial charge in [0.15, 0.2) is 0 Å². The van der Waals surface area contributed by atoms with Crippen LogP contribution in [0.4, 0.5) is 4.39 Å². The molecule has 0 bridgehead atoms. The summed E-state index contributed by atoms with van der Waals surface area (Å²) in [7, 11) is 0. The van der Waals surface area contributed by atoms with Crippen LogP contribution >= 0.6 is 0 Å². The van der Waals surface area contributed by atoms with Crippen LogP contribution in [0, 0.1) is 5.82 Å². The molecule has 0 amide bonds. The standard InChI is InChI=1S/C16H8FN3O4/c17-7-1-3-8(4-2-7)20-15(23)9-10(16(20)24)14(22)12-11(13(9)21)18-5-6-19-12/h1-6,18-19H. The van der Waals surface area contributed by atoms with Crippen LogP contribution in [-0.4, -0.2) is 14.5 Å². The molecule has 0 unspecified atom stereocenters. The summed E-state index contributed by atoms with van der Waals surface area (Å²) in [4.78, 5) is 55.4. The van der Waals surface area contributed by atoms with Gasteiger partial charge in [0.25, 0.3) is 11.1 Å². The third-order valence-electron chi connectivity index (χ3n) is 3.87. The molecule has 24 heavy (non-hydrogen) atoms. The predicted molar refractivity (Wildman–Crippen MR) is 85.7 cm³/mol. The van der Waals surface area contributed by atoms with Gasteiger partial charge in [-0.05, 0) is 24.3 Å². The van der Waals surface area contributed by atoms with Crippen molar-refractivity contribution in [3.63, 3.8) is 0 Å². The first-order valence-electron chi connectivity index (χ1n) is 6.91. The maximum absolute atomic E-state index is 13.1. The van der Waals surface area contributed by atoms with Crippen LogP contribution in [0.1, 0.15) is 0 Å². The molecule has 2 heterocycles. The lowest BCUT2D eigenvalue weighted by Crippen LogP contribution is -2.24.